The number of amides is 1. The zero-order valence-electron chi connectivity index (χ0n) is 12.8. The molecule has 0 unspecified atom stereocenters. The molecular weight excluding hydrogens is 266 g/mol. The molecule has 0 atom stereocenters. The third-order valence-corrected chi connectivity index (χ3v) is 3.05. The monoisotopic (exact) mass is 289 g/mol. The number of nitrogens with zero attached hydrogens (tertiary/aromatic N) is 2. The number of carbonyl (C=O) groups excluding carboxylic acids is 1. The lowest BCUT2D eigenvalue weighted by molar-refractivity contribution is -0.117. The number of methoxy groups -OCH3 is 1. The van der Waals surface area contributed by atoms with E-state index in [-0.39, 0.29) is 5.91 Å². The molecule has 0 heterocycles. The fraction of sp³-hybridized carbons (Fsp3) is 0.500. The maximum atomic E-state index is 12.1. The SMILES string of the molecule is CCCN(CCCC#N)CC(=O)Nc1ccccc1OC. The molecule has 0 saturated heterocycles. The molecule has 5 nitrogen and oxygen atoms in total. The summed E-state index contributed by atoms with van der Waals surface area (Å²) in [5.41, 5.74) is 0.679. The summed E-state index contributed by atoms with van der Waals surface area (Å²) in [5.74, 6) is 0.585. The first-order chi connectivity index (χ1) is 10.2. The number of rotatable bonds is 9. The van der Waals surface area contributed by atoms with Gasteiger partial charge in [-0.3, -0.25) is 9.69 Å². The Morgan fingerprint density at radius 3 is 2.81 bits per heavy atom. The first kappa shape index (κ1) is 17.0. The van der Waals surface area contributed by atoms with Crippen molar-refractivity contribution < 1.29 is 9.53 Å². The molecule has 0 aromatic heterocycles. The summed E-state index contributed by atoms with van der Waals surface area (Å²) in [7, 11) is 1.58. The van der Waals surface area contributed by atoms with E-state index in [9.17, 15) is 4.79 Å². The molecule has 0 fully saturated rings. The molecule has 1 amide bonds. The number of para-hydroxylation sites is 2. The second-order valence-corrected chi connectivity index (χ2v) is 4.79. The summed E-state index contributed by atoms with van der Waals surface area (Å²) in [4.78, 5) is 14.2. The molecule has 0 saturated carbocycles. The molecule has 1 aromatic rings. The Labute approximate surface area is 126 Å². The van der Waals surface area contributed by atoms with Crippen molar-refractivity contribution in [3.05, 3.63) is 24.3 Å². The van der Waals surface area contributed by atoms with E-state index in [1.165, 1.54) is 0 Å². The molecule has 0 aliphatic rings. The fourth-order valence-corrected chi connectivity index (χ4v) is 2.11. The van der Waals surface area contributed by atoms with Crippen LogP contribution >= 0.6 is 0 Å². The molecule has 0 spiro atoms. The molecule has 1 rings (SSSR count). The van der Waals surface area contributed by atoms with Crippen LogP contribution in [-0.4, -0.2) is 37.6 Å². The zero-order chi connectivity index (χ0) is 15.5. The number of hydrogen-bond donors (Lipinski definition) is 1. The molecule has 21 heavy (non-hydrogen) atoms. The summed E-state index contributed by atoms with van der Waals surface area (Å²) >= 11 is 0. The first-order valence-corrected chi connectivity index (χ1v) is 7.23. The quantitative estimate of drug-likeness (QED) is 0.710. The van der Waals surface area contributed by atoms with Crippen molar-refractivity contribution in [3.8, 4) is 11.8 Å². The minimum absolute atomic E-state index is 0.0649. The second-order valence-electron chi connectivity index (χ2n) is 4.79. The third kappa shape index (κ3) is 6.28. The van der Waals surface area contributed by atoms with Gasteiger partial charge in [-0.25, -0.2) is 0 Å². The summed E-state index contributed by atoms with van der Waals surface area (Å²) in [6.07, 6.45) is 2.29. The number of anilines is 1. The predicted molar refractivity (Wildman–Crippen MR) is 83.2 cm³/mol. The summed E-state index contributed by atoms with van der Waals surface area (Å²) in [6, 6.07) is 9.47. The van der Waals surface area contributed by atoms with E-state index in [1.807, 2.05) is 24.3 Å². The van der Waals surface area contributed by atoms with Crippen molar-refractivity contribution in [1.82, 2.24) is 4.90 Å². The molecule has 1 N–H and O–H groups in total. The van der Waals surface area contributed by atoms with Gasteiger partial charge < -0.3 is 10.1 Å². The first-order valence-electron chi connectivity index (χ1n) is 7.23. The van der Waals surface area contributed by atoms with Gasteiger partial charge in [-0.2, -0.15) is 5.26 Å². The number of unbranched alkanes of at least 4 members (excludes halogenated alkanes) is 1. The molecule has 0 bridgehead atoms. The van der Waals surface area contributed by atoms with Gasteiger partial charge in [0.2, 0.25) is 5.91 Å². The van der Waals surface area contributed by atoms with Gasteiger partial charge in [-0.05, 0) is 38.1 Å². The van der Waals surface area contributed by atoms with Crippen molar-refractivity contribution in [2.24, 2.45) is 0 Å². The number of hydrogen-bond acceptors (Lipinski definition) is 4. The normalized spacial score (nSPS) is 10.2. The van der Waals surface area contributed by atoms with Gasteiger partial charge >= 0.3 is 0 Å². The predicted octanol–water partition coefficient (Wildman–Crippen LogP) is 2.65. The van der Waals surface area contributed by atoms with Crippen LogP contribution in [0.3, 0.4) is 0 Å². The highest BCUT2D eigenvalue weighted by Crippen LogP contribution is 2.22. The van der Waals surface area contributed by atoms with Crippen LogP contribution < -0.4 is 10.1 Å². The van der Waals surface area contributed by atoms with Gasteiger partial charge in [-0.15, -0.1) is 0 Å². The van der Waals surface area contributed by atoms with E-state index in [2.05, 4.69) is 23.2 Å². The van der Waals surface area contributed by atoms with Crippen LogP contribution in [0.5, 0.6) is 5.75 Å². The number of nitrogens with one attached hydrogen (secondary N) is 1. The lowest BCUT2D eigenvalue weighted by atomic mass is 10.2. The van der Waals surface area contributed by atoms with Crippen LogP contribution in [0.2, 0.25) is 0 Å². The van der Waals surface area contributed by atoms with Crippen LogP contribution in [0.4, 0.5) is 5.69 Å². The van der Waals surface area contributed by atoms with Crippen LogP contribution in [-0.2, 0) is 4.79 Å². The van der Waals surface area contributed by atoms with Gasteiger partial charge in [-0.1, -0.05) is 19.1 Å². The Morgan fingerprint density at radius 2 is 2.14 bits per heavy atom. The molecular formula is C16H23N3O2. The second kappa shape index (κ2) is 9.78. The summed E-state index contributed by atoms with van der Waals surface area (Å²) in [5, 5.41) is 11.5. The van der Waals surface area contributed by atoms with Crippen LogP contribution in [0.15, 0.2) is 24.3 Å². The maximum absolute atomic E-state index is 12.1. The van der Waals surface area contributed by atoms with Crippen molar-refractivity contribution in [2.75, 3.05) is 32.1 Å². The number of benzene rings is 1. The van der Waals surface area contributed by atoms with E-state index in [1.54, 1.807) is 7.11 Å². The molecule has 0 aliphatic carbocycles. The largest absolute Gasteiger partial charge is 0.495 e. The van der Waals surface area contributed by atoms with E-state index < -0.39 is 0 Å². The van der Waals surface area contributed by atoms with Crippen molar-refractivity contribution in [2.45, 2.75) is 26.2 Å². The smallest absolute Gasteiger partial charge is 0.238 e. The van der Waals surface area contributed by atoms with Crippen molar-refractivity contribution in [3.63, 3.8) is 0 Å². The molecule has 5 heteroatoms. The highest BCUT2D eigenvalue weighted by Gasteiger charge is 2.11. The highest BCUT2D eigenvalue weighted by atomic mass is 16.5. The van der Waals surface area contributed by atoms with Crippen LogP contribution in [0, 0.1) is 11.3 Å². The minimum atomic E-state index is -0.0649. The van der Waals surface area contributed by atoms with Crippen molar-refractivity contribution >= 4 is 11.6 Å². The Balaban J connectivity index is 2.54. The average Bonchev–Trinajstić information content (AvgIpc) is 2.48. The van der Waals surface area contributed by atoms with Crippen LogP contribution in [0.1, 0.15) is 26.2 Å². The average molecular weight is 289 g/mol. The number of nitriles is 1. The number of carbonyl (C=O) groups is 1. The van der Waals surface area contributed by atoms with E-state index >= 15 is 0 Å². The van der Waals surface area contributed by atoms with Gasteiger partial charge in [0.15, 0.2) is 0 Å². The van der Waals surface area contributed by atoms with E-state index in [0.717, 1.165) is 25.9 Å². The Hall–Kier alpha value is -2.06. The standard InChI is InChI=1S/C16H23N3O2/c1-3-11-19(12-7-6-10-17)13-16(20)18-14-8-4-5-9-15(14)21-2/h4-5,8-9H,3,6-7,11-13H2,1-2H3,(H,18,20). The molecule has 1 aromatic carbocycles. The highest BCUT2D eigenvalue weighted by molar-refractivity contribution is 5.93. The molecule has 0 radical (unpaired) electrons. The van der Waals surface area contributed by atoms with Crippen molar-refractivity contribution in [1.29, 1.82) is 5.26 Å². The number of ether oxygens (including phenoxy) is 1. The summed E-state index contributed by atoms with van der Waals surface area (Å²) in [6.45, 7) is 4.03. The Morgan fingerprint density at radius 1 is 1.38 bits per heavy atom. The zero-order valence-corrected chi connectivity index (χ0v) is 12.8. The maximum Gasteiger partial charge on any atom is 0.238 e. The minimum Gasteiger partial charge on any atom is -0.495 e. The lowest BCUT2D eigenvalue weighted by Gasteiger charge is -2.20. The van der Waals surface area contributed by atoms with Gasteiger partial charge in [0.1, 0.15) is 5.75 Å². The van der Waals surface area contributed by atoms with Gasteiger partial charge in [0.05, 0.1) is 25.4 Å². The van der Waals surface area contributed by atoms with Gasteiger partial charge in [0.25, 0.3) is 0 Å². The van der Waals surface area contributed by atoms with E-state index in [0.29, 0.717) is 24.4 Å². The topological polar surface area (TPSA) is 65.4 Å². The molecule has 114 valence electrons. The summed E-state index contributed by atoms with van der Waals surface area (Å²) < 4.78 is 5.21. The van der Waals surface area contributed by atoms with Crippen LogP contribution in [0.25, 0.3) is 0 Å². The van der Waals surface area contributed by atoms with E-state index in [4.69, 9.17) is 10.00 Å². The lowest BCUT2D eigenvalue weighted by Crippen LogP contribution is -2.34. The third-order valence-electron chi connectivity index (χ3n) is 3.05. The Kier molecular flexibility index (Phi) is 7.92. The van der Waals surface area contributed by atoms with Gasteiger partial charge in [0, 0.05) is 6.42 Å². The fourth-order valence-electron chi connectivity index (χ4n) is 2.11. The molecule has 0 aliphatic heterocycles. The Bertz CT molecular complexity index is 483.